The highest BCUT2D eigenvalue weighted by Crippen LogP contribution is 2.33. The number of hydrogen-bond acceptors (Lipinski definition) is 2. The number of methoxy groups -OCH3 is 1. The van der Waals surface area contributed by atoms with E-state index >= 15 is 0 Å². The molecule has 0 bridgehead atoms. The topological polar surface area (TPSA) is 46.5 Å². The largest absolute Gasteiger partial charge is 0.495 e. The van der Waals surface area contributed by atoms with Crippen LogP contribution in [0.4, 0.5) is 0 Å². The van der Waals surface area contributed by atoms with Gasteiger partial charge in [-0.2, -0.15) is 0 Å². The molecule has 0 aromatic heterocycles. The van der Waals surface area contributed by atoms with Crippen LogP contribution in [0.15, 0.2) is 42.5 Å². The SMILES string of the molecule is COc1c(C(=O)O)cccc1-c1ccc(C)cc1. The van der Waals surface area contributed by atoms with Gasteiger partial charge in [0, 0.05) is 5.56 Å². The van der Waals surface area contributed by atoms with Crippen LogP contribution in [0.2, 0.25) is 0 Å². The van der Waals surface area contributed by atoms with Crippen LogP contribution in [0.5, 0.6) is 5.75 Å². The molecule has 0 unspecified atom stereocenters. The third kappa shape index (κ3) is 2.20. The third-order valence-electron chi connectivity index (χ3n) is 2.81. The van der Waals surface area contributed by atoms with Crippen molar-refractivity contribution in [3.8, 4) is 16.9 Å². The van der Waals surface area contributed by atoms with Gasteiger partial charge in [0.25, 0.3) is 0 Å². The summed E-state index contributed by atoms with van der Waals surface area (Å²) in [6.45, 7) is 2.01. The fourth-order valence-corrected chi connectivity index (χ4v) is 1.89. The molecule has 0 saturated carbocycles. The van der Waals surface area contributed by atoms with Gasteiger partial charge in [-0.1, -0.05) is 42.0 Å². The number of carbonyl (C=O) groups is 1. The minimum Gasteiger partial charge on any atom is -0.495 e. The van der Waals surface area contributed by atoms with Gasteiger partial charge < -0.3 is 9.84 Å². The van der Waals surface area contributed by atoms with Gasteiger partial charge in [-0.05, 0) is 18.6 Å². The number of aryl methyl sites for hydroxylation is 1. The minimum absolute atomic E-state index is 0.176. The van der Waals surface area contributed by atoms with Gasteiger partial charge in [-0.15, -0.1) is 0 Å². The molecule has 0 aliphatic carbocycles. The summed E-state index contributed by atoms with van der Waals surface area (Å²) < 4.78 is 5.24. The molecular weight excluding hydrogens is 228 g/mol. The van der Waals surface area contributed by atoms with Crippen molar-refractivity contribution in [3.05, 3.63) is 53.6 Å². The van der Waals surface area contributed by atoms with Crippen molar-refractivity contribution in [1.82, 2.24) is 0 Å². The summed E-state index contributed by atoms with van der Waals surface area (Å²) in [5.41, 5.74) is 3.07. The number of ether oxygens (including phenoxy) is 1. The molecule has 1 N–H and O–H groups in total. The van der Waals surface area contributed by atoms with Gasteiger partial charge in [0.15, 0.2) is 0 Å². The second-order valence-corrected chi connectivity index (χ2v) is 4.06. The molecule has 0 aliphatic rings. The average Bonchev–Trinajstić information content (AvgIpc) is 2.38. The number of rotatable bonds is 3. The van der Waals surface area contributed by atoms with E-state index in [9.17, 15) is 4.79 Å². The van der Waals surface area contributed by atoms with Crippen LogP contribution >= 0.6 is 0 Å². The number of para-hydroxylation sites is 1. The Morgan fingerprint density at radius 1 is 1.11 bits per heavy atom. The number of hydrogen-bond donors (Lipinski definition) is 1. The summed E-state index contributed by atoms with van der Waals surface area (Å²) in [4.78, 5) is 11.1. The Labute approximate surface area is 106 Å². The molecule has 0 heterocycles. The standard InChI is InChI=1S/C15H14O3/c1-10-6-8-11(9-7-10)12-4-3-5-13(15(16)17)14(12)18-2/h3-9H,1-2H3,(H,16,17). The first kappa shape index (κ1) is 12.2. The maximum atomic E-state index is 11.1. The van der Waals surface area contributed by atoms with E-state index in [-0.39, 0.29) is 5.56 Å². The van der Waals surface area contributed by atoms with E-state index in [0.29, 0.717) is 5.75 Å². The molecule has 0 saturated heterocycles. The highest BCUT2D eigenvalue weighted by molar-refractivity contribution is 5.94. The van der Waals surface area contributed by atoms with E-state index in [4.69, 9.17) is 9.84 Å². The van der Waals surface area contributed by atoms with Crippen molar-refractivity contribution < 1.29 is 14.6 Å². The molecule has 0 fully saturated rings. The highest BCUT2D eigenvalue weighted by atomic mass is 16.5. The average molecular weight is 242 g/mol. The predicted molar refractivity (Wildman–Crippen MR) is 70.1 cm³/mol. The number of aromatic carboxylic acids is 1. The van der Waals surface area contributed by atoms with Crippen molar-refractivity contribution >= 4 is 5.97 Å². The molecule has 0 radical (unpaired) electrons. The lowest BCUT2D eigenvalue weighted by Crippen LogP contribution is -2.01. The third-order valence-corrected chi connectivity index (χ3v) is 2.81. The normalized spacial score (nSPS) is 10.1. The van der Waals surface area contributed by atoms with Gasteiger partial charge in [-0.25, -0.2) is 4.79 Å². The second kappa shape index (κ2) is 4.92. The van der Waals surface area contributed by atoms with E-state index in [0.717, 1.165) is 16.7 Å². The van der Waals surface area contributed by atoms with E-state index in [1.54, 1.807) is 12.1 Å². The van der Waals surface area contributed by atoms with Crippen LogP contribution in [0.25, 0.3) is 11.1 Å². The molecular formula is C15H14O3. The van der Waals surface area contributed by atoms with Gasteiger partial charge in [0.1, 0.15) is 11.3 Å². The molecule has 0 spiro atoms. The van der Waals surface area contributed by atoms with Gasteiger partial charge in [0.2, 0.25) is 0 Å². The monoisotopic (exact) mass is 242 g/mol. The van der Waals surface area contributed by atoms with Crippen LogP contribution in [0.3, 0.4) is 0 Å². The fraction of sp³-hybridized carbons (Fsp3) is 0.133. The lowest BCUT2D eigenvalue weighted by Gasteiger charge is -2.11. The molecule has 2 rings (SSSR count). The first-order valence-electron chi connectivity index (χ1n) is 5.61. The van der Waals surface area contributed by atoms with Crippen molar-refractivity contribution in [2.24, 2.45) is 0 Å². The maximum Gasteiger partial charge on any atom is 0.339 e. The summed E-state index contributed by atoms with van der Waals surface area (Å²) in [5, 5.41) is 9.13. The zero-order valence-corrected chi connectivity index (χ0v) is 10.3. The number of carboxylic acid groups (broad SMARTS) is 1. The van der Waals surface area contributed by atoms with Crippen LogP contribution in [-0.2, 0) is 0 Å². The summed E-state index contributed by atoms with van der Waals surface area (Å²) in [5.74, 6) is -0.588. The summed E-state index contributed by atoms with van der Waals surface area (Å²) >= 11 is 0. The number of benzene rings is 2. The summed E-state index contributed by atoms with van der Waals surface area (Å²) in [6.07, 6.45) is 0. The summed E-state index contributed by atoms with van der Waals surface area (Å²) in [6, 6.07) is 13.0. The molecule has 3 nitrogen and oxygen atoms in total. The minimum atomic E-state index is -0.985. The molecule has 0 aliphatic heterocycles. The van der Waals surface area contributed by atoms with E-state index in [1.807, 2.05) is 37.3 Å². The zero-order valence-electron chi connectivity index (χ0n) is 10.3. The molecule has 2 aromatic carbocycles. The van der Waals surface area contributed by atoms with Gasteiger partial charge >= 0.3 is 5.97 Å². The van der Waals surface area contributed by atoms with Crippen molar-refractivity contribution in [1.29, 1.82) is 0 Å². The second-order valence-electron chi connectivity index (χ2n) is 4.06. The van der Waals surface area contributed by atoms with E-state index in [2.05, 4.69) is 0 Å². The van der Waals surface area contributed by atoms with Crippen molar-refractivity contribution in [2.75, 3.05) is 7.11 Å². The Hall–Kier alpha value is -2.29. The predicted octanol–water partition coefficient (Wildman–Crippen LogP) is 3.37. The molecule has 0 atom stereocenters. The van der Waals surface area contributed by atoms with Gasteiger partial charge in [0.05, 0.1) is 7.11 Å². The first-order valence-corrected chi connectivity index (χ1v) is 5.61. The van der Waals surface area contributed by atoms with Gasteiger partial charge in [-0.3, -0.25) is 0 Å². The Bertz CT molecular complexity index is 571. The Morgan fingerprint density at radius 2 is 1.78 bits per heavy atom. The molecule has 3 heteroatoms. The molecule has 18 heavy (non-hydrogen) atoms. The smallest absolute Gasteiger partial charge is 0.339 e. The van der Waals surface area contributed by atoms with E-state index in [1.165, 1.54) is 7.11 Å². The fourth-order valence-electron chi connectivity index (χ4n) is 1.89. The summed E-state index contributed by atoms with van der Waals surface area (Å²) in [7, 11) is 1.49. The zero-order chi connectivity index (χ0) is 13.1. The Balaban J connectivity index is 2.60. The number of carboxylic acids is 1. The van der Waals surface area contributed by atoms with Crippen molar-refractivity contribution in [3.63, 3.8) is 0 Å². The quantitative estimate of drug-likeness (QED) is 0.897. The van der Waals surface area contributed by atoms with Crippen LogP contribution in [0, 0.1) is 6.92 Å². The lowest BCUT2D eigenvalue weighted by atomic mass is 10.0. The Kier molecular flexibility index (Phi) is 3.33. The molecule has 92 valence electrons. The Morgan fingerprint density at radius 3 is 2.33 bits per heavy atom. The van der Waals surface area contributed by atoms with Crippen LogP contribution in [-0.4, -0.2) is 18.2 Å². The van der Waals surface area contributed by atoms with Crippen LogP contribution in [0.1, 0.15) is 15.9 Å². The lowest BCUT2D eigenvalue weighted by molar-refractivity contribution is 0.0693. The molecule has 2 aromatic rings. The maximum absolute atomic E-state index is 11.1. The van der Waals surface area contributed by atoms with Crippen LogP contribution < -0.4 is 4.74 Å². The molecule has 0 amide bonds. The first-order chi connectivity index (χ1) is 8.63. The highest BCUT2D eigenvalue weighted by Gasteiger charge is 2.15. The van der Waals surface area contributed by atoms with Crippen molar-refractivity contribution in [2.45, 2.75) is 6.92 Å². The van der Waals surface area contributed by atoms with E-state index < -0.39 is 5.97 Å².